The van der Waals surface area contributed by atoms with Crippen molar-refractivity contribution < 1.29 is 5.11 Å². The Morgan fingerprint density at radius 1 is 1.08 bits per heavy atom. The predicted molar refractivity (Wildman–Crippen MR) is 54.2 cm³/mol. The molecule has 0 aromatic rings. The predicted octanol–water partition coefficient (Wildman–Crippen LogP) is 3.36. The van der Waals surface area contributed by atoms with Gasteiger partial charge in [-0.25, -0.2) is 0 Å². The first kappa shape index (κ1) is 12.0. The van der Waals surface area contributed by atoms with Gasteiger partial charge < -0.3 is 5.11 Å². The van der Waals surface area contributed by atoms with Gasteiger partial charge in [0.15, 0.2) is 0 Å². The first-order valence-corrected chi connectivity index (χ1v) is 5.38. The van der Waals surface area contributed by atoms with E-state index < -0.39 is 0 Å². The first-order chi connectivity index (χ1) is 5.70. The summed E-state index contributed by atoms with van der Waals surface area (Å²) in [4.78, 5) is 0. The Morgan fingerprint density at radius 2 is 1.75 bits per heavy atom. The Labute approximate surface area is 77.2 Å². The van der Waals surface area contributed by atoms with Crippen molar-refractivity contribution in [2.24, 2.45) is 5.92 Å². The van der Waals surface area contributed by atoms with Crippen LogP contribution in [0.15, 0.2) is 0 Å². The molecule has 0 amide bonds. The first-order valence-electron chi connectivity index (χ1n) is 5.38. The third-order valence-electron chi connectivity index (χ3n) is 2.34. The summed E-state index contributed by atoms with van der Waals surface area (Å²) < 4.78 is 0. The SMILES string of the molecule is CCCCC(CCC)C[C@@H](C)O. The highest BCUT2D eigenvalue weighted by molar-refractivity contribution is 4.62. The smallest absolute Gasteiger partial charge is 0.0514 e. The minimum Gasteiger partial charge on any atom is -0.393 e. The Bertz CT molecular complexity index is 89.0. The summed E-state index contributed by atoms with van der Waals surface area (Å²) in [5.74, 6) is 0.759. The van der Waals surface area contributed by atoms with Crippen LogP contribution in [0.2, 0.25) is 0 Å². The fourth-order valence-electron chi connectivity index (χ4n) is 1.76. The van der Waals surface area contributed by atoms with Gasteiger partial charge >= 0.3 is 0 Å². The number of aliphatic hydroxyl groups is 1. The molecule has 0 saturated heterocycles. The minimum atomic E-state index is -0.113. The van der Waals surface area contributed by atoms with Gasteiger partial charge in [0.25, 0.3) is 0 Å². The molecule has 0 heterocycles. The number of aliphatic hydroxyl groups excluding tert-OH is 1. The van der Waals surface area contributed by atoms with Crippen LogP contribution in [-0.2, 0) is 0 Å². The average Bonchev–Trinajstić information content (AvgIpc) is 2.00. The van der Waals surface area contributed by atoms with Crippen LogP contribution >= 0.6 is 0 Å². The summed E-state index contributed by atoms with van der Waals surface area (Å²) in [6.07, 6.45) is 7.31. The van der Waals surface area contributed by atoms with Crippen molar-refractivity contribution in [3.05, 3.63) is 0 Å². The molecule has 74 valence electrons. The monoisotopic (exact) mass is 172 g/mol. The van der Waals surface area contributed by atoms with E-state index in [0.717, 1.165) is 12.3 Å². The van der Waals surface area contributed by atoms with Crippen LogP contribution in [0.5, 0.6) is 0 Å². The van der Waals surface area contributed by atoms with E-state index >= 15 is 0 Å². The molecule has 12 heavy (non-hydrogen) atoms. The van der Waals surface area contributed by atoms with Crippen molar-refractivity contribution in [1.82, 2.24) is 0 Å². The van der Waals surface area contributed by atoms with Gasteiger partial charge in [0.1, 0.15) is 0 Å². The van der Waals surface area contributed by atoms with Gasteiger partial charge in [-0.05, 0) is 19.3 Å². The summed E-state index contributed by atoms with van der Waals surface area (Å²) in [5.41, 5.74) is 0. The maximum absolute atomic E-state index is 9.25. The third-order valence-corrected chi connectivity index (χ3v) is 2.34. The highest BCUT2D eigenvalue weighted by atomic mass is 16.3. The van der Waals surface area contributed by atoms with Crippen molar-refractivity contribution in [3.8, 4) is 0 Å². The van der Waals surface area contributed by atoms with Gasteiger partial charge in [-0.15, -0.1) is 0 Å². The van der Waals surface area contributed by atoms with E-state index in [1.54, 1.807) is 0 Å². The van der Waals surface area contributed by atoms with Crippen LogP contribution < -0.4 is 0 Å². The fourth-order valence-corrected chi connectivity index (χ4v) is 1.76. The second-order valence-corrected chi connectivity index (χ2v) is 3.88. The Hall–Kier alpha value is -0.0400. The van der Waals surface area contributed by atoms with Gasteiger partial charge in [-0.2, -0.15) is 0 Å². The molecule has 1 N–H and O–H groups in total. The molecule has 0 aromatic carbocycles. The van der Waals surface area contributed by atoms with Crippen LogP contribution in [0.4, 0.5) is 0 Å². The summed E-state index contributed by atoms with van der Waals surface area (Å²) in [5, 5.41) is 9.25. The average molecular weight is 172 g/mol. The van der Waals surface area contributed by atoms with Gasteiger partial charge in [0.2, 0.25) is 0 Å². The van der Waals surface area contributed by atoms with E-state index in [1.807, 2.05) is 6.92 Å². The quantitative estimate of drug-likeness (QED) is 0.624. The molecule has 0 spiro atoms. The molecule has 0 bridgehead atoms. The van der Waals surface area contributed by atoms with Crippen molar-refractivity contribution in [3.63, 3.8) is 0 Å². The summed E-state index contributed by atoms with van der Waals surface area (Å²) in [6.45, 7) is 6.35. The molecule has 0 aromatic heterocycles. The molecule has 0 rings (SSSR count). The van der Waals surface area contributed by atoms with Gasteiger partial charge in [0.05, 0.1) is 6.10 Å². The normalized spacial score (nSPS) is 16.0. The molecule has 1 unspecified atom stereocenters. The lowest BCUT2D eigenvalue weighted by Gasteiger charge is -2.16. The van der Waals surface area contributed by atoms with Gasteiger partial charge in [-0.1, -0.05) is 46.0 Å². The van der Waals surface area contributed by atoms with E-state index in [1.165, 1.54) is 32.1 Å². The van der Waals surface area contributed by atoms with Crippen molar-refractivity contribution in [2.75, 3.05) is 0 Å². The largest absolute Gasteiger partial charge is 0.393 e. The molecule has 0 saturated carbocycles. The lowest BCUT2D eigenvalue weighted by molar-refractivity contribution is 0.153. The molecule has 0 aliphatic carbocycles. The Morgan fingerprint density at radius 3 is 2.17 bits per heavy atom. The molecule has 0 radical (unpaired) electrons. The van der Waals surface area contributed by atoms with Crippen molar-refractivity contribution in [1.29, 1.82) is 0 Å². The van der Waals surface area contributed by atoms with E-state index in [2.05, 4.69) is 13.8 Å². The van der Waals surface area contributed by atoms with E-state index in [4.69, 9.17) is 0 Å². The van der Waals surface area contributed by atoms with Crippen LogP contribution in [0, 0.1) is 5.92 Å². The van der Waals surface area contributed by atoms with Crippen LogP contribution in [0.1, 0.15) is 59.3 Å². The van der Waals surface area contributed by atoms with Crippen LogP contribution in [0.3, 0.4) is 0 Å². The Balaban J connectivity index is 3.54. The van der Waals surface area contributed by atoms with Crippen LogP contribution in [0.25, 0.3) is 0 Å². The fraction of sp³-hybridized carbons (Fsp3) is 1.00. The maximum atomic E-state index is 9.25. The molecular weight excluding hydrogens is 148 g/mol. The molecule has 1 heteroatoms. The third kappa shape index (κ3) is 6.66. The number of hydrogen-bond acceptors (Lipinski definition) is 1. The second-order valence-electron chi connectivity index (χ2n) is 3.88. The summed E-state index contributed by atoms with van der Waals surface area (Å²) >= 11 is 0. The zero-order valence-electron chi connectivity index (χ0n) is 8.84. The van der Waals surface area contributed by atoms with E-state index in [9.17, 15) is 5.11 Å². The van der Waals surface area contributed by atoms with Gasteiger partial charge in [0, 0.05) is 0 Å². The standard InChI is InChI=1S/C11H24O/c1-4-6-8-11(7-5-2)9-10(3)12/h10-12H,4-9H2,1-3H3/t10-,11?/m1/s1. The molecule has 0 fully saturated rings. The molecule has 1 nitrogen and oxygen atoms in total. The van der Waals surface area contributed by atoms with E-state index in [-0.39, 0.29) is 6.10 Å². The summed E-state index contributed by atoms with van der Waals surface area (Å²) in [6, 6.07) is 0. The summed E-state index contributed by atoms with van der Waals surface area (Å²) in [7, 11) is 0. The molecular formula is C11H24O. The lowest BCUT2D eigenvalue weighted by Crippen LogP contribution is -2.09. The molecule has 0 aliphatic heterocycles. The highest BCUT2D eigenvalue weighted by Gasteiger charge is 2.09. The van der Waals surface area contributed by atoms with E-state index in [0.29, 0.717) is 0 Å². The molecule has 2 atom stereocenters. The topological polar surface area (TPSA) is 20.2 Å². The van der Waals surface area contributed by atoms with Crippen molar-refractivity contribution in [2.45, 2.75) is 65.4 Å². The molecule has 0 aliphatic rings. The van der Waals surface area contributed by atoms with Gasteiger partial charge in [-0.3, -0.25) is 0 Å². The highest BCUT2D eigenvalue weighted by Crippen LogP contribution is 2.20. The second kappa shape index (κ2) is 7.60. The zero-order valence-corrected chi connectivity index (χ0v) is 8.84. The minimum absolute atomic E-state index is 0.113. The van der Waals surface area contributed by atoms with Crippen LogP contribution in [-0.4, -0.2) is 11.2 Å². The zero-order chi connectivity index (χ0) is 9.40. The Kier molecular flexibility index (Phi) is 7.58. The lowest BCUT2D eigenvalue weighted by atomic mass is 9.92. The number of hydrogen-bond donors (Lipinski definition) is 1. The maximum Gasteiger partial charge on any atom is 0.0514 e. The number of unbranched alkanes of at least 4 members (excludes halogenated alkanes) is 1. The van der Waals surface area contributed by atoms with Crippen molar-refractivity contribution >= 4 is 0 Å². The number of rotatable bonds is 7.